The third-order valence-corrected chi connectivity index (χ3v) is 5.76. The van der Waals surface area contributed by atoms with E-state index >= 15 is 0 Å². The number of anilines is 1. The molecular formula is C19H16Cl3N3O3S. The fourth-order valence-corrected chi connectivity index (χ4v) is 4.39. The Morgan fingerprint density at radius 2 is 1.86 bits per heavy atom. The number of rotatable bonds is 7. The van der Waals surface area contributed by atoms with Crippen LogP contribution in [0.2, 0.25) is 15.1 Å². The Hall–Kier alpha value is -1.77. The molecule has 0 atom stereocenters. The molecule has 10 heteroatoms. The van der Waals surface area contributed by atoms with Gasteiger partial charge in [-0.3, -0.25) is 14.2 Å². The quantitative estimate of drug-likeness (QED) is 0.391. The van der Waals surface area contributed by atoms with Gasteiger partial charge in [-0.2, -0.15) is 0 Å². The van der Waals surface area contributed by atoms with E-state index in [1.165, 1.54) is 16.7 Å². The number of amides is 1. The molecule has 0 saturated heterocycles. The van der Waals surface area contributed by atoms with Crippen molar-refractivity contribution < 1.29 is 9.90 Å². The molecule has 1 heterocycles. The van der Waals surface area contributed by atoms with Crippen LogP contribution in [0, 0.1) is 0 Å². The monoisotopic (exact) mass is 471 g/mol. The SMILES string of the molecule is O=C(CSc1nc2ccccc2c(=O)n1CCCO)Nc1c(Cl)cc(Cl)cc1Cl. The van der Waals surface area contributed by atoms with Gasteiger partial charge >= 0.3 is 0 Å². The van der Waals surface area contributed by atoms with Crippen molar-refractivity contribution in [3.8, 4) is 0 Å². The van der Waals surface area contributed by atoms with Crippen LogP contribution in [0.5, 0.6) is 0 Å². The third-order valence-electron chi connectivity index (χ3n) is 3.97. The van der Waals surface area contributed by atoms with Gasteiger partial charge in [0.2, 0.25) is 5.91 Å². The van der Waals surface area contributed by atoms with Crippen LogP contribution in [0.25, 0.3) is 10.9 Å². The zero-order chi connectivity index (χ0) is 21.0. The highest BCUT2D eigenvalue weighted by Gasteiger charge is 2.15. The second-order valence-corrected chi connectivity index (χ2v) is 8.22. The predicted octanol–water partition coefficient (Wildman–Crippen LogP) is 4.47. The summed E-state index contributed by atoms with van der Waals surface area (Å²) in [6.45, 7) is 0.239. The van der Waals surface area contributed by atoms with E-state index in [-0.39, 0.29) is 39.6 Å². The van der Waals surface area contributed by atoms with E-state index in [4.69, 9.17) is 39.9 Å². The Bertz CT molecular complexity index is 1100. The van der Waals surface area contributed by atoms with Crippen molar-refractivity contribution in [1.29, 1.82) is 0 Å². The summed E-state index contributed by atoms with van der Waals surface area (Å²) < 4.78 is 1.47. The van der Waals surface area contributed by atoms with Gasteiger partial charge in [-0.1, -0.05) is 58.7 Å². The maximum Gasteiger partial charge on any atom is 0.262 e. The highest BCUT2D eigenvalue weighted by molar-refractivity contribution is 7.99. The molecule has 0 aliphatic carbocycles. The molecule has 0 fully saturated rings. The first-order chi connectivity index (χ1) is 13.9. The van der Waals surface area contributed by atoms with E-state index in [9.17, 15) is 9.59 Å². The molecule has 152 valence electrons. The number of carbonyl (C=O) groups excluding carboxylic acids is 1. The summed E-state index contributed by atoms with van der Waals surface area (Å²) in [5.74, 6) is -0.378. The lowest BCUT2D eigenvalue weighted by atomic mass is 10.2. The maximum absolute atomic E-state index is 12.8. The fraction of sp³-hybridized carbons (Fsp3) is 0.211. The van der Waals surface area contributed by atoms with Crippen LogP contribution in [0.3, 0.4) is 0 Å². The second-order valence-electron chi connectivity index (χ2n) is 6.03. The summed E-state index contributed by atoms with van der Waals surface area (Å²) in [5.41, 5.74) is 0.604. The van der Waals surface area contributed by atoms with Crippen molar-refractivity contribution in [1.82, 2.24) is 9.55 Å². The number of aliphatic hydroxyl groups is 1. The van der Waals surface area contributed by atoms with E-state index in [1.807, 2.05) is 0 Å². The molecule has 3 aromatic rings. The van der Waals surface area contributed by atoms with Crippen LogP contribution < -0.4 is 10.9 Å². The largest absolute Gasteiger partial charge is 0.396 e. The van der Waals surface area contributed by atoms with Crippen molar-refractivity contribution in [2.24, 2.45) is 0 Å². The molecule has 1 aromatic heterocycles. The first-order valence-electron chi connectivity index (χ1n) is 8.58. The molecule has 2 aromatic carbocycles. The van der Waals surface area contributed by atoms with Crippen molar-refractivity contribution >= 4 is 69.1 Å². The summed E-state index contributed by atoms with van der Waals surface area (Å²) in [6.07, 6.45) is 0.398. The highest BCUT2D eigenvalue weighted by atomic mass is 35.5. The summed E-state index contributed by atoms with van der Waals surface area (Å²) in [5, 5.41) is 13.5. The van der Waals surface area contributed by atoms with E-state index in [0.29, 0.717) is 34.0 Å². The molecule has 29 heavy (non-hydrogen) atoms. The Balaban J connectivity index is 1.82. The van der Waals surface area contributed by atoms with E-state index in [1.54, 1.807) is 24.3 Å². The number of carbonyl (C=O) groups is 1. The Morgan fingerprint density at radius 1 is 1.17 bits per heavy atom. The Kier molecular flexibility index (Phi) is 7.43. The van der Waals surface area contributed by atoms with Gasteiger partial charge in [0.1, 0.15) is 0 Å². The molecule has 1 amide bonds. The van der Waals surface area contributed by atoms with Gasteiger partial charge in [-0.05, 0) is 30.7 Å². The summed E-state index contributed by atoms with van der Waals surface area (Å²) in [6, 6.07) is 9.96. The number of halogens is 3. The van der Waals surface area contributed by atoms with Crippen molar-refractivity contribution in [3.05, 3.63) is 61.8 Å². The molecule has 6 nitrogen and oxygen atoms in total. The molecule has 3 rings (SSSR count). The average molecular weight is 473 g/mol. The lowest BCUT2D eigenvalue weighted by molar-refractivity contribution is -0.113. The first-order valence-corrected chi connectivity index (χ1v) is 10.7. The minimum atomic E-state index is -0.364. The number of thioether (sulfide) groups is 1. The first kappa shape index (κ1) is 21.9. The number of aromatic nitrogens is 2. The zero-order valence-electron chi connectivity index (χ0n) is 15.0. The lowest BCUT2D eigenvalue weighted by Crippen LogP contribution is -2.25. The van der Waals surface area contributed by atoms with Crippen LogP contribution >= 0.6 is 46.6 Å². The maximum atomic E-state index is 12.8. The molecule has 0 aliphatic rings. The van der Waals surface area contributed by atoms with Crippen LogP contribution in [0.4, 0.5) is 5.69 Å². The van der Waals surface area contributed by atoms with E-state index in [0.717, 1.165) is 11.8 Å². The summed E-state index contributed by atoms with van der Waals surface area (Å²) in [4.78, 5) is 29.7. The molecule has 0 radical (unpaired) electrons. The topological polar surface area (TPSA) is 84.2 Å². The van der Waals surface area contributed by atoms with E-state index < -0.39 is 0 Å². The van der Waals surface area contributed by atoms with Gasteiger partial charge in [0, 0.05) is 18.2 Å². The average Bonchev–Trinajstić information content (AvgIpc) is 2.68. The summed E-state index contributed by atoms with van der Waals surface area (Å²) in [7, 11) is 0. The number of nitrogens with zero attached hydrogens (tertiary/aromatic N) is 2. The van der Waals surface area contributed by atoms with Gasteiger partial charge < -0.3 is 10.4 Å². The van der Waals surface area contributed by atoms with Gasteiger partial charge in [0.05, 0.1) is 32.4 Å². The predicted molar refractivity (Wildman–Crippen MR) is 119 cm³/mol. The molecule has 0 bridgehead atoms. The third kappa shape index (κ3) is 5.24. The van der Waals surface area contributed by atoms with Gasteiger partial charge in [-0.25, -0.2) is 4.98 Å². The number of para-hydroxylation sites is 1. The van der Waals surface area contributed by atoms with E-state index in [2.05, 4.69) is 10.3 Å². The van der Waals surface area contributed by atoms with Crippen molar-refractivity contribution in [2.45, 2.75) is 18.1 Å². The fourth-order valence-electron chi connectivity index (χ4n) is 2.65. The minimum Gasteiger partial charge on any atom is -0.396 e. The molecule has 0 unspecified atom stereocenters. The van der Waals surface area contributed by atoms with Crippen molar-refractivity contribution in [3.63, 3.8) is 0 Å². The number of benzene rings is 2. The standard InChI is InChI=1S/C19H16Cl3N3O3S/c20-11-8-13(21)17(14(22)9-11)24-16(27)10-29-19-23-15-5-2-1-4-12(15)18(28)25(19)6-3-7-26/h1-2,4-5,8-9,26H,3,6-7,10H2,(H,24,27). The second kappa shape index (κ2) is 9.82. The summed E-state index contributed by atoms with van der Waals surface area (Å²) >= 11 is 19.2. The smallest absolute Gasteiger partial charge is 0.262 e. The van der Waals surface area contributed by atoms with Crippen LogP contribution in [-0.2, 0) is 11.3 Å². The molecule has 0 saturated carbocycles. The highest BCUT2D eigenvalue weighted by Crippen LogP contribution is 2.33. The van der Waals surface area contributed by atoms with Gasteiger partial charge in [0.15, 0.2) is 5.16 Å². The van der Waals surface area contributed by atoms with Crippen LogP contribution in [0.1, 0.15) is 6.42 Å². The normalized spacial score (nSPS) is 11.0. The van der Waals surface area contributed by atoms with Crippen LogP contribution in [0.15, 0.2) is 46.3 Å². The number of aliphatic hydroxyl groups excluding tert-OH is 1. The number of fused-ring (bicyclic) bond motifs is 1. The Morgan fingerprint density at radius 3 is 2.55 bits per heavy atom. The number of hydrogen-bond donors (Lipinski definition) is 2. The zero-order valence-corrected chi connectivity index (χ0v) is 18.1. The van der Waals surface area contributed by atoms with Crippen molar-refractivity contribution in [2.75, 3.05) is 17.7 Å². The molecule has 2 N–H and O–H groups in total. The van der Waals surface area contributed by atoms with Gasteiger partial charge in [0.25, 0.3) is 5.56 Å². The minimum absolute atomic E-state index is 0.0147. The van der Waals surface area contributed by atoms with Gasteiger partial charge in [-0.15, -0.1) is 0 Å². The number of hydrogen-bond acceptors (Lipinski definition) is 5. The molecule has 0 aliphatic heterocycles. The lowest BCUT2D eigenvalue weighted by Gasteiger charge is -2.13. The molecule has 0 spiro atoms. The molecular weight excluding hydrogens is 457 g/mol. The van der Waals surface area contributed by atoms with Crippen LogP contribution in [-0.4, -0.2) is 32.9 Å². The number of nitrogens with one attached hydrogen (secondary N) is 1. The Labute approximate surface area is 185 Å².